The molecule has 0 rings (SSSR count). The molecule has 0 heterocycles. The van der Waals surface area contributed by atoms with Gasteiger partial charge < -0.3 is 4.74 Å². The number of ether oxygens (including phenoxy) is 1. The molecule has 0 unspecified atom stereocenters. The minimum atomic E-state index is -1.95. The number of halogens is 3. The van der Waals surface area contributed by atoms with Crippen LogP contribution in [-0.2, 0) is 9.53 Å². The highest BCUT2D eigenvalue weighted by atomic mass is 35.6. The van der Waals surface area contributed by atoms with Gasteiger partial charge in [-0.3, -0.25) is 0 Å². The van der Waals surface area contributed by atoms with Gasteiger partial charge in [-0.2, -0.15) is 0 Å². The Morgan fingerprint density at radius 3 is 1.83 bits per heavy atom. The number of allylic oxidation sites excluding steroid dienone is 2. The van der Waals surface area contributed by atoms with Crippen LogP contribution in [-0.4, -0.2) is 16.4 Å². The summed E-state index contributed by atoms with van der Waals surface area (Å²) < 4.78 is 2.92. The number of esters is 1. The summed E-state index contributed by atoms with van der Waals surface area (Å²) in [6.07, 6.45) is 19.2. The van der Waals surface area contributed by atoms with Crippen LogP contribution in [0.4, 0.5) is 0 Å². The molecule has 0 atom stereocenters. The van der Waals surface area contributed by atoms with Crippen molar-refractivity contribution in [3.8, 4) is 0 Å². The van der Waals surface area contributed by atoms with E-state index in [0.29, 0.717) is 6.61 Å². The number of hydrogen-bond acceptors (Lipinski definition) is 2. The predicted molar refractivity (Wildman–Crippen MR) is 101 cm³/mol. The second-order valence-corrected chi connectivity index (χ2v) is 8.15. The van der Waals surface area contributed by atoms with Crippen molar-refractivity contribution < 1.29 is 9.53 Å². The van der Waals surface area contributed by atoms with Gasteiger partial charge in [-0.25, -0.2) is 4.79 Å². The Balaban J connectivity index is 3.19. The minimum Gasteiger partial charge on any atom is -0.463 e. The van der Waals surface area contributed by atoms with E-state index in [1.165, 1.54) is 64.2 Å². The molecule has 0 radical (unpaired) electrons. The molecule has 0 bridgehead atoms. The molecule has 2 nitrogen and oxygen atoms in total. The molecule has 0 aliphatic carbocycles. The van der Waals surface area contributed by atoms with Gasteiger partial charge in [-0.05, 0) is 25.7 Å². The van der Waals surface area contributed by atoms with E-state index >= 15 is 0 Å². The van der Waals surface area contributed by atoms with Crippen molar-refractivity contribution in [2.24, 2.45) is 0 Å². The molecular formula is C18H31Cl3O2. The van der Waals surface area contributed by atoms with Crippen molar-refractivity contribution in [3.05, 3.63) is 12.2 Å². The van der Waals surface area contributed by atoms with Gasteiger partial charge in [-0.15, -0.1) is 0 Å². The van der Waals surface area contributed by atoms with Crippen LogP contribution in [0.3, 0.4) is 0 Å². The third-order valence-electron chi connectivity index (χ3n) is 3.62. The number of alkyl halides is 3. The lowest BCUT2D eigenvalue weighted by Gasteiger charge is -2.10. The first-order valence-corrected chi connectivity index (χ1v) is 10.0. The summed E-state index contributed by atoms with van der Waals surface area (Å²) in [5.74, 6) is -0.786. The molecule has 0 aromatic carbocycles. The highest BCUT2D eigenvalue weighted by Crippen LogP contribution is 2.27. The van der Waals surface area contributed by atoms with E-state index in [4.69, 9.17) is 39.5 Å². The van der Waals surface area contributed by atoms with Crippen LogP contribution in [0.25, 0.3) is 0 Å². The Labute approximate surface area is 156 Å². The molecule has 0 spiro atoms. The molecule has 0 aromatic heterocycles. The fourth-order valence-corrected chi connectivity index (χ4v) is 2.39. The summed E-state index contributed by atoms with van der Waals surface area (Å²) in [4.78, 5) is 11.2. The van der Waals surface area contributed by atoms with Crippen molar-refractivity contribution in [2.45, 2.75) is 87.8 Å². The lowest BCUT2D eigenvalue weighted by atomic mass is 10.1. The van der Waals surface area contributed by atoms with Crippen LogP contribution in [0.1, 0.15) is 84.0 Å². The normalized spacial score (nSPS) is 12.0. The monoisotopic (exact) mass is 384 g/mol. The van der Waals surface area contributed by atoms with Crippen LogP contribution in [0.5, 0.6) is 0 Å². The fraction of sp³-hybridized carbons (Fsp3) is 0.833. The third kappa shape index (κ3) is 16.7. The zero-order valence-corrected chi connectivity index (χ0v) is 16.6. The summed E-state index contributed by atoms with van der Waals surface area (Å²) in [5, 5.41) is 0. The topological polar surface area (TPSA) is 26.3 Å². The summed E-state index contributed by atoms with van der Waals surface area (Å²) in [7, 11) is 0. The van der Waals surface area contributed by atoms with Gasteiger partial charge in [0.2, 0.25) is 0 Å². The Bertz CT molecular complexity index is 312. The smallest absolute Gasteiger partial charge is 0.358 e. The number of hydrogen-bond donors (Lipinski definition) is 0. The van der Waals surface area contributed by atoms with E-state index in [1.54, 1.807) is 0 Å². The molecule has 23 heavy (non-hydrogen) atoms. The van der Waals surface area contributed by atoms with E-state index in [0.717, 1.165) is 12.8 Å². The van der Waals surface area contributed by atoms with Gasteiger partial charge in [0.25, 0.3) is 3.79 Å². The van der Waals surface area contributed by atoms with Gasteiger partial charge in [0.1, 0.15) is 0 Å². The van der Waals surface area contributed by atoms with Crippen LogP contribution in [0.15, 0.2) is 12.2 Å². The zero-order valence-electron chi connectivity index (χ0n) is 14.3. The average Bonchev–Trinajstić information content (AvgIpc) is 2.50. The first-order chi connectivity index (χ1) is 11.0. The average molecular weight is 386 g/mol. The molecule has 0 N–H and O–H groups in total. The maximum absolute atomic E-state index is 11.2. The first-order valence-electron chi connectivity index (χ1n) is 8.87. The van der Waals surface area contributed by atoms with E-state index in [1.807, 2.05) is 0 Å². The van der Waals surface area contributed by atoms with Crippen LogP contribution < -0.4 is 0 Å². The molecule has 0 fully saturated rings. The maximum Gasteiger partial charge on any atom is 0.358 e. The summed E-state index contributed by atoms with van der Waals surface area (Å²) in [6, 6.07) is 0. The highest BCUT2D eigenvalue weighted by molar-refractivity contribution is 6.75. The molecule has 136 valence electrons. The SMILES string of the molecule is CCCC/C=C\CCCCCCCCCCOC(=O)C(Cl)(Cl)Cl. The van der Waals surface area contributed by atoms with Crippen molar-refractivity contribution in [3.63, 3.8) is 0 Å². The van der Waals surface area contributed by atoms with E-state index in [9.17, 15) is 4.79 Å². The maximum atomic E-state index is 11.2. The molecule has 0 saturated carbocycles. The van der Waals surface area contributed by atoms with Crippen molar-refractivity contribution >= 4 is 40.8 Å². The van der Waals surface area contributed by atoms with Gasteiger partial charge in [-0.1, -0.05) is 105 Å². The van der Waals surface area contributed by atoms with Crippen LogP contribution in [0, 0.1) is 0 Å². The molecular weight excluding hydrogens is 355 g/mol. The molecule has 0 saturated heterocycles. The van der Waals surface area contributed by atoms with Gasteiger partial charge in [0.15, 0.2) is 0 Å². The summed E-state index contributed by atoms with van der Waals surface area (Å²) in [5.41, 5.74) is 0. The largest absolute Gasteiger partial charge is 0.463 e. The van der Waals surface area contributed by atoms with E-state index < -0.39 is 9.76 Å². The molecule has 0 aliphatic rings. The highest BCUT2D eigenvalue weighted by Gasteiger charge is 2.32. The quantitative estimate of drug-likeness (QED) is 0.137. The molecule has 0 aromatic rings. The summed E-state index contributed by atoms with van der Waals surface area (Å²) >= 11 is 16.2. The van der Waals surface area contributed by atoms with Gasteiger partial charge in [0.05, 0.1) is 6.61 Å². The molecule has 0 amide bonds. The predicted octanol–water partition coefficient (Wildman–Crippen LogP) is 7.16. The standard InChI is InChI=1S/C18H31Cl3O2/c1-2-3-4-5-6-7-8-9-10-11-12-13-14-15-16-23-17(22)18(19,20)21/h5-6H,2-4,7-16H2,1H3/b6-5-. The molecule has 5 heteroatoms. The Kier molecular flexibility index (Phi) is 15.7. The summed E-state index contributed by atoms with van der Waals surface area (Å²) in [6.45, 7) is 2.56. The number of carbonyl (C=O) groups is 1. The number of unbranched alkanes of at least 4 members (excludes halogenated alkanes) is 10. The van der Waals surface area contributed by atoms with Crippen molar-refractivity contribution in [1.29, 1.82) is 0 Å². The second kappa shape index (κ2) is 15.6. The van der Waals surface area contributed by atoms with E-state index in [2.05, 4.69) is 19.1 Å². The fourth-order valence-electron chi connectivity index (χ4n) is 2.23. The van der Waals surface area contributed by atoms with Gasteiger partial charge in [0, 0.05) is 0 Å². The molecule has 0 aliphatic heterocycles. The first kappa shape index (κ1) is 23.1. The van der Waals surface area contributed by atoms with Gasteiger partial charge >= 0.3 is 5.97 Å². The van der Waals surface area contributed by atoms with Crippen LogP contribution >= 0.6 is 34.8 Å². The lowest BCUT2D eigenvalue weighted by Crippen LogP contribution is -2.22. The third-order valence-corrected chi connectivity index (χ3v) is 4.08. The van der Waals surface area contributed by atoms with E-state index in [-0.39, 0.29) is 0 Å². The zero-order chi connectivity index (χ0) is 17.4. The Hall–Kier alpha value is 0.0800. The Morgan fingerprint density at radius 2 is 1.30 bits per heavy atom. The van der Waals surface area contributed by atoms with Crippen molar-refractivity contribution in [2.75, 3.05) is 6.61 Å². The number of carbonyl (C=O) groups excluding carboxylic acids is 1. The van der Waals surface area contributed by atoms with Crippen molar-refractivity contribution in [1.82, 2.24) is 0 Å². The lowest BCUT2D eigenvalue weighted by molar-refractivity contribution is -0.142. The minimum absolute atomic E-state index is 0.330. The number of rotatable bonds is 14. The van der Waals surface area contributed by atoms with Crippen LogP contribution in [0.2, 0.25) is 0 Å². The Morgan fingerprint density at radius 1 is 0.826 bits per heavy atom. The second-order valence-electron chi connectivity index (χ2n) is 5.86.